The van der Waals surface area contributed by atoms with Gasteiger partial charge >= 0.3 is 0 Å². The van der Waals surface area contributed by atoms with Gasteiger partial charge in [-0.3, -0.25) is 0 Å². The molecule has 1 heterocycles. The van der Waals surface area contributed by atoms with E-state index in [1.165, 1.54) is 6.07 Å². The number of hydrogen-bond donors (Lipinski definition) is 0. The van der Waals surface area contributed by atoms with Crippen molar-refractivity contribution in [2.75, 3.05) is 0 Å². The number of halogens is 2. The molecule has 2 aromatic carbocycles. The molecule has 18 heavy (non-hydrogen) atoms. The largest absolute Gasteiger partial charge is 0.236 e. The summed E-state index contributed by atoms with van der Waals surface area (Å²) in [6.07, 6.45) is 1.59. The van der Waals surface area contributed by atoms with E-state index in [4.69, 9.17) is 11.6 Å². The summed E-state index contributed by atoms with van der Waals surface area (Å²) in [6, 6.07) is 11.9. The van der Waals surface area contributed by atoms with Gasteiger partial charge in [0, 0.05) is 17.1 Å². The lowest BCUT2D eigenvalue weighted by molar-refractivity contribution is 0.640. The van der Waals surface area contributed by atoms with Crippen LogP contribution in [0.4, 0.5) is 4.39 Å². The lowest BCUT2D eigenvalue weighted by Crippen LogP contribution is -1.91. The molecule has 3 rings (SSSR count). The molecule has 1 aromatic heterocycles. The Bertz CT molecular complexity index is 728. The summed E-state index contributed by atoms with van der Waals surface area (Å²) in [5.74, 6) is 0.245. The third kappa shape index (κ3) is 1.83. The Morgan fingerprint density at radius 2 is 1.72 bits per heavy atom. The predicted molar refractivity (Wildman–Crippen MR) is 69.9 cm³/mol. The van der Waals surface area contributed by atoms with Crippen molar-refractivity contribution in [1.82, 2.24) is 9.97 Å². The van der Waals surface area contributed by atoms with Gasteiger partial charge < -0.3 is 0 Å². The molecule has 0 bridgehead atoms. The fourth-order valence-electron chi connectivity index (χ4n) is 1.92. The Balaban J connectivity index is 2.33. The van der Waals surface area contributed by atoms with Crippen LogP contribution in [0.5, 0.6) is 0 Å². The molecule has 4 heteroatoms. The van der Waals surface area contributed by atoms with Crippen LogP contribution in [0.25, 0.3) is 22.2 Å². The Morgan fingerprint density at radius 1 is 0.944 bits per heavy atom. The zero-order chi connectivity index (χ0) is 12.5. The van der Waals surface area contributed by atoms with Crippen LogP contribution in [0, 0.1) is 5.82 Å². The summed E-state index contributed by atoms with van der Waals surface area (Å²) in [5, 5.41) is 1.70. The van der Waals surface area contributed by atoms with Crippen molar-refractivity contribution >= 4 is 22.4 Å². The van der Waals surface area contributed by atoms with Crippen molar-refractivity contribution in [2.24, 2.45) is 0 Å². The molecule has 0 amide bonds. The summed E-state index contributed by atoms with van der Waals surface area (Å²) in [5.41, 5.74) is 0.773. The molecule has 0 saturated carbocycles. The van der Waals surface area contributed by atoms with Gasteiger partial charge in [-0.25, -0.2) is 14.4 Å². The minimum Gasteiger partial charge on any atom is -0.236 e. The van der Waals surface area contributed by atoms with E-state index >= 15 is 0 Å². The van der Waals surface area contributed by atoms with Crippen LogP contribution < -0.4 is 0 Å². The molecule has 0 saturated heterocycles. The summed E-state index contributed by atoms with van der Waals surface area (Å²) >= 11 is 5.85. The maximum absolute atomic E-state index is 13.7. The van der Waals surface area contributed by atoms with E-state index < -0.39 is 0 Å². The van der Waals surface area contributed by atoms with Crippen molar-refractivity contribution in [3.8, 4) is 11.4 Å². The van der Waals surface area contributed by atoms with Crippen LogP contribution in [0.3, 0.4) is 0 Å². The van der Waals surface area contributed by atoms with E-state index in [2.05, 4.69) is 9.97 Å². The topological polar surface area (TPSA) is 25.8 Å². The highest BCUT2D eigenvalue weighted by Crippen LogP contribution is 2.28. The van der Waals surface area contributed by atoms with E-state index in [-0.39, 0.29) is 5.82 Å². The Hall–Kier alpha value is -2.00. The smallest absolute Gasteiger partial charge is 0.161 e. The second-order valence-electron chi connectivity index (χ2n) is 3.84. The normalized spacial score (nSPS) is 10.8. The number of hydrogen-bond acceptors (Lipinski definition) is 2. The highest BCUT2D eigenvalue weighted by Gasteiger charge is 2.09. The Morgan fingerprint density at radius 3 is 2.50 bits per heavy atom. The molecule has 0 N–H and O–H groups in total. The van der Waals surface area contributed by atoms with Crippen molar-refractivity contribution < 1.29 is 4.39 Å². The van der Waals surface area contributed by atoms with Crippen molar-refractivity contribution in [1.29, 1.82) is 0 Å². The van der Waals surface area contributed by atoms with Gasteiger partial charge in [-0.1, -0.05) is 35.9 Å². The van der Waals surface area contributed by atoms with Gasteiger partial charge in [0.2, 0.25) is 0 Å². The highest BCUT2D eigenvalue weighted by molar-refractivity contribution is 6.29. The molecule has 2 nitrogen and oxygen atoms in total. The summed E-state index contributed by atoms with van der Waals surface area (Å²) in [7, 11) is 0. The molecule has 0 unspecified atom stereocenters. The van der Waals surface area contributed by atoms with Gasteiger partial charge in [0.05, 0.1) is 0 Å². The molecule has 0 aliphatic heterocycles. The van der Waals surface area contributed by atoms with Crippen LogP contribution in [-0.4, -0.2) is 9.97 Å². The minimum absolute atomic E-state index is 0.253. The number of aromatic nitrogens is 2. The number of benzene rings is 2. The fraction of sp³-hybridized carbons (Fsp3) is 0. The second kappa shape index (κ2) is 4.35. The Labute approximate surface area is 108 Å². The molecular weight excluding hydrogens is 251 g/mol. The van der Waals surface area contributed by atoms with Gasteiger partial charge in [-0.05, 0) is 23.6 Å². The average Bonchev–Trinajstić information content (AvgIpc) is 2.39. The first-order valence-electron chi connectivity index (χ1n) is 5.42. The quantitative estimate of drug-likeness (QED) is 0.615. The maximum Gasteiger partial charge on any atom is 0.161 e. The summed E-state index contributed by atoms with van der Waals surface area (Å²) < 4.78 is 13.7. The third-order valence-electron chi connectivity index (χ3n) is 2.73. The third-order valence-corrected chi connectivity index (χ3v) is 2.94. The molecular formula is C14H8ClFN2. The fourth-order valence-corrected chi connectivity index (χ4v) is 2.06. The number of nitrogens with zero attached hydrogens (tertiary/aromatic N) is 2. The highest BCUT2D eigenvalue weighted by atomic mass is 35.5. The van der Waals surface area contributed by atoms with E-state index in [9.17, 15) is 4.39 Å². The molecule has 0 fully saturated rings. The van der Waals surface area contributed by atoms with Gasteiger partial charge in [0.1, 0.15) is 11.0 Å². The number of rotatable bonds is 1. The first kappa shape index (κ1) is 11.1. The van der Waals surface area contributed by atoms with E-state index in [0.29, 0.717) is 16.4 Å². The van der Waals surface area contributed by atoms with Gasteiger partial charge in [0.25, 0.3) is 0 Å². The molecule has 0 radical (unpaired) electrons. The molecule has 0 aliphatic carbocycles. The van der Waals surface area contributed by atoms with E-state index in [0.717, 1.165) is 10.9 Å². The zero-order valence-electron chi connectivity index (χ0n) is 9.27. The molecule has 0 atom stereocenters. The minimum atomic E-state index is -0.253. The van der Waals surface area contributed by atoms with Crippen LogP contribution in [0.2, 0.25) is 5.15 Å². The van der Waals surface area contributed by atoms with Crippen molar-refractivity contribution in [3.63, 3.8) is 0 Å². The summed E-state index contributed by atoms with van der Waals surface area (Å²) in [4.78, 5) is 8.33. The molecule has 0 spiro atoms. The average molecular weight is 259 g/mol. The molecule has 88 valence electrons. The Kier molecular flexibility index (Phi) is 2.68. The van der Waals surface area contributed by atoms with Crippen molar-refractivity contribution in [2.45, 2.75) is 0 Å². The first-order chi connectivity index (χ1) is 8.75. The predicted octanol–water partition coefficient (Wildman–Crippen LogP) is 4.09. The van der Waals surface area contributed by atoms with Gasteiger partial charge in [0.15, 0.2) is 5.82 Å². The van der Waals surface area contributed by atoms with Crippen LogP contribution in [0.15, 0.2) is 48.7 Å². The molecule has 3 aromatic rings. The monoisotopic (exact) mass is 258 g/mol. The maximum atomic E-state index is 13.7. The zero-order valence-corrected chi connectivity index (χ0v) is 10.0. The van der Waals surface area contributed by atoms with Crippen LogP contribution in [0.1, 0.15) is 0 Å². The van der Waals surface area contributed by atoms with Crippen LogP contribution >= 0.6 is 11.6 Å². The SMILES string of the molecule is Fc1ccc(-c2nccc(Cl)n2)c2ccccc12. The standard InChI is InChI=1S/C14H8ClFN2/c15-13-7-8-17-14(18-13)11-5-6-12(16)10-4-2-1-3-9(10)11/h1-8H. The lowest BCUT2D eigenvalue weighted by atomic mass is 10.0. The second-order valence-corrected chi connectivity index (χ2v) is 4.23. The van der Waals surface area contributed by atoms with E-state index in [1.54, 1.807) is 30.5 Å². The molecule has 0 aliphatic rings. The van der Waals surface area contributed by atoms with Gasteiger partial charge in [-0.15, -0.1) is 0 Å². The van der Waals surface area contributed by atoms with Crippen LogP contribution in [-0.2, 0) is 0 Å². The lowest BCUT2D eigenvalue weighted by Gasteiger charge is -2.06. The summed E-state index contributed by atoms with van der Waals surface area (Å²) in [6.45, 7) is 0. The number of fused-ring (bicyclic) bond motifs is 1. The van der Waals surface area contributed by atoms with E-state index in [1.807, 2.05) is 12.1 Å². The van der Waals surface area contributed by atoms with Crippen molar-refractivity contribution in [3.05, 3.63) is 59.6 Å². The first-order valence-corrected chi connectivity index (χ1v) is 5.79. The van der Waals surface area contributed by atoms with Gasteiger partial charge in [-0.2, -0.15) is 0 Å².